The van der Waals surface area contributed by atoms with Crippen molar-refractivity contribution in [3.05, 3.63) is 35.9 Å². The van der Waals surface area contributed by atoms with Gasteiger partial charge in [0.1, 0.15) is 0 Å². The predicted molar refractivity (Wildman–Crippen MR) is 97.9 cm³/mol. The van der Waals surface area contributed by atoms with Gasteiger partial charge < -0.3 is 5.32 Å². The number of carbonyl (C=O) groups excluding carboxylic acids is 3. The van der Waals surface area contributed by atoms with Crippen molar-refractivity contribution in [3.63, 3.8) is 0 Å². The topological polar surface area (TPSA) is 69.7 Å². The molecule has 26 heavy (non-hydrogen) atoms. The molecule has 2 fully saturated rings. The third-order valence-corrected chi connectivity index (χ3v) is 5.07. The Bertz CT molecular complexity index is 683. The predicted octanol–water partition coefficient (Wildman–Crippen LogP) is 1.86. The van der Waals surface area contributed by atoms with Crippen LogP contribution in [0.2, 0.25) is 0 Å². The summed E-state index contributed by atoms with van der Waals surface area (Å²) in [7, 11) is 0. The van der Waals surface area contributed by atoms with Gasteiger partial charge in [0, 0.05) is 19.5 Å². The van der Waals surface area contributed by atoms with Crippen LogP contribution >= 0.6 is 0 Å². The average molecular weight is 357 g/mol. The number of hydrazine groups is 1. The summed E-state index contributed by atoms with van der Waals surface area (Å²) >= 11 is 0. The fraction of sp³-hybridized carbons (Fsp3) is 0.550. The Kier molecular flexibility index (Phi) is 5.30. The summed E-state index contributed by atoms with van der Waals surface area (Å²) in [4.78, 5) is 37.5. The molecule has 0 unspecified atom stereocenters. The van der Waals surface area contributed by atoms with Crippen molar-refractivity contribution in [2.24, 2.45) is 5.92 Å². The van der Waals surface area contributed by atoms with Crippen molar-refractivity contribution >= 4 is 17.7 Å². The lowest BCUT2D eigenvalue weighted by molar-refractivity contribution is -0.159. The van der Waals surface area contributed by atoms with Gasteiger partial charge in [-0.2, -0.15) is 0 Å². The Balaban J connectivity index is 1.64. The first-order valence-electron chi connectivity index (χ1n) is 9.38. The van der Waals surface area contributed by atoms with Crippen LogP contribution in [0, 0.1) is 5.92 Å². The molecule has 6 heteroatoms. The average Bonchev–Trinajstić information content (AvgIpc) is 3.29. The van der Waals surface area contributed by atoms with Gasteiger partial charge in [0.25, 0.3) is 11.8 Å². The smallest absolute Gasteiger partial charge is 0.260 e. The highest BCUT2D eigenvalue weighted by atomic mass is 16.2. The molecular formula is C20H27N3O3. The summed E-state index contributed by atoms with van der Waals surface area (Å²) in [6.45, 7) is 4.93. The van der Waals surface area contributed by atoms with Gasteiger partial charge in [-0.3, -0.25) is 19.4 Å². The monoisotopic (exact) mass is 357 g/mol. The van der Waals surface area contributed by atoms with Crippen molar-refractivity contribution in [1.82, 2.24) is 15.3 Å². The Morgan fingerprint density at radius 1 is 1.08 bits per heavy atom. The van der Waals surface area contributed by atoms with Gasteiger partial charge in [0.2, 0.25) is 5.91 Å². The first-order chi connectivity index (χ1) is 12.4. The summed E-state index contributed by atoms with van der Waals surface area (Å²) in [6.07, 6.45) is 2.80. The van der Waals surface area contributed by atoms with E-state index in [-0.39, 0.29) is 30.2 Å². The molecule has 2 aliphatic rings. The number of rotatable bonds is 6. The quantitative estimate of drug-likeness (QED) is 0.845. The van der Waals surface area contributed by atoms with E-state index in [1.807, 2.05) is 44.2 Å². The number of amides is 3. The summed E-state index contributed by atoms with van der Waals surface area (Å²) in [6, 6.07) is 9.80. The van der Waals surface area contributed by atoms with Crippen molar-refractivity contribution < 1.29 is 14.4 Å². The molecule has 1 aliphatic heterocycles. The third-order valence-electron chi connectivity index (χ3n) is 5.07. The molecule has 1 aliphatic carbocycles. The molecule has 1 aromatic rings. The van der Waals surface area contributed by atoms with E-state index in [1.165, 1.54) is 5.01 Å². The maximum Gasteiger partial charge on any atom is 0.260 e. The second kappa shape index (κ2) is 7.48. The molecule has 3 rings (SSSR count). The minimum atomic E-state index is -0.481. The molecule has 3 amide bonds. The molecule has 0 radical (unpaired) electrons. The van der Waals surface area contributed by atoms with Crippen LogP contribution in [0.25, 0.3) is 0 Å². The van der Waals surface area contributed by atoms with Crippen LogP contribution in [0.15, 0.2) is 30.3 Å². The first kappa shape index (κ1) is 18.4. The summed E-state index contributed by atoms with van der Waals surface area (Å²) in [5.74, 6) is -0.108. The Labute approximate surface area is 154 Å². The number of nitrogens with zero attached hydrogens (tertiary/aromatic N) is 2. The molecule has 1 saturated heterocycles. The normalized spacial score (nSPS) is 18.1. The van der Waals surface area contributed by atoms with Gasteiger partial charge in [0.15, 0.2) is 0 Å². The van der Waals surface area contributed by atoms with E-state index in [1.54, 1.807) is 5.01 Å². The highest BCUT2D eigenvalue weighted by Crippen LogP contribution is 2.50. The highest BCUT2D eigenvalue weighted by Gasteiger charge is 2.54. The van der Waals surface area contributed by atoms with Gasteiger partial charge in [-0.15, -0.1) is 0 Å². The number of hydrogen-bond donors (Lipinski definition) is 1. The van der Waals surface area contributed by atoms with Crippen molar-refractivity contribution in [3.8, 4) is 0 Å². The zero-order valence-electron chi connectivity index (χ0n) is 15.5. The second-order valence-electron chi connectivity index (χ2n) is 7.62. The fourth-order valence-corrected chi connectivity index (χ4v) is 3.55. The van der Waals surface area contributed by atoms with Crippen LogP contribution in [-0.4, -0.2) is 47.4 Å². The first-order valence-corrected chi connectivity index (χ1v) is 9.38. The van der Waals surface area contributed by atoms with Gasteiger partial charge in [-0.25, -0.2) is 5.01 Å². The molecule has 0 aromatic heterocycles. The Hall–Kier alpha value is -2.37. The zero-order chi connectivity index (χ0) is 18.7. The number of benzene rings is 1. The zero-order valence-corrected chi connectivity index (χ0v) is 15.5. The van der Waals surface area contributed by atoms with E-state index in [0.29, 0.717) is 19.5 Å². The standard InChI is InChI=1S/C20H27N3O3/c1-15(2)13-17(24)21-14-18(25)22-11-6-12-23(22)19(26)20(9-10-20)16-7-4-3-5-8-16/h3-5,7-8,15H,6,9-14H2,1-2H3,(H,21,24). The number of nitrogens with one attached hydrogen (secondary N) is 1. The van der Waals surface area contributed by atoms with E-state index in [2.05, 4.69) is 5.32 Å². The van der Waals surface area contributed by atoms with E-state index in [4.69, 9.17) is 0 Å². The van der Waals surface area contributed by atoms with Gasteiger partial charge in [0.05, 0.1) is 12.0 Å². The lowest BCUT2D eigenvalue weighted by Crippen LogP contribution is -2.51. The van der Waals surface area contributed by atoms with Crippen molar-refractivity contribution in [2.75, 3.05) is 19.6 Å². The van der Waals surface area contributed by atoms with E-state index in [9.17, 15) is 14.4 Å². The molecule has 1 saturated carbocycles. The van der Waals surface area contributed by atoms with Crippen molar-refractivity contribution in [2.45, 2.75) is 44.9 Å². The largest absolute Gasteiger partial charge is 0.347 e. The summed E-state index contributed by atoms with van der Waals surface area (Å²) in [5, 5.41) is 5.78. The second-order valence-corrected chi connectivity index (χ2v) is 7.62. The molecule has 0 bridgehead atoms. The van der Waals surface area contributed by atoms with Crippen molar-refractivity contribution in [1.29, 1.82) is 0 Å². The molecule has 1 aromatic carbocycles. The molecule has 1 heterocycles. The van der Waals surface area contributed by atoms with Gasteiger partial charge >= 0.3 is 0 Å². The van der Waals surface area contributed by atoms with Gasteiger partial charge in [-0.1, -0.05) is 44.2 Å². The Morgan fingerprint density at radius 2 is 1.73 bits per heavy atom. The molecule has 0 atom stereocenters. The van der Waals surface area contributed by atoms with Crippen LogP contribution in [0.5, 0.6) is 0 Å². The summed E-state index contributed by atoms with van der Waals surface area (Å²) < 4.78 is 0. The lowest BCUT2D eigenvalue weighted by atomic mass is 9.95. The van der Waals surface area contributed by atoms with E-state index in [0.717, 1.165) is 24.8 Å². The third kappa shape index (κ3) is 3.74. The van der Waals surface area contributed by atoms with E-state index >= 15 is 0 Å². The van der Waals surface area contributed by atoms with Crippen LogP contribution < -0.4 is 5.32 Å². The molecule has 140 valence electrons. The van der Waals surface area contributed by atoms with E-state index < -0.39 is 5.41 Å². The van der Waals surface area contributed by atoms with Crippen LogP contribution in [-0.2, 0) is 19.8 Å². The number of carbonyl (C=O) groups is 3. The summed E-state index contributed by atoms with van der Waals surface area (Å²) in [5.41, 5.74) is 0.542. The Morgan fingerprint density at radius 3 is 2.35 bits per heavy atom. The SMILES string of the molecule is CC(C)CC(=O)NCC(=O)N1CCCN1C(=O)C1(c2ccccc2)CC1. The number of hydrogen-bond acceptors (Lipinski definition) is 3. The molecular weight excluding hydrogens is 330 g/mol. The lowest BCUT2D eigenvalue weighted by Gasteiger charge is -2.31. The molecule has 6 nitrogen and oxygen atoms in total. The fourth-order valence-electron chi connectivity index (χ4n) is 3.55. The minimum Gasteiger partial charge on any atom is -0.347 e. The van der Waals surface area contributed by atoms with Crippen LogP contribution in [0.3, 0.4) is 0 Å². The highest BCUT2D eigenvalue weighted by molar-refractivity contribution is 5.93. The van der Waals surface area contributed by atoms with Crippen LogP contribution in [0.1, 0.15) is 45.1 Å². The minimum absolute atomic E-state index is 0.00283. The maximum atomic E-state index is 13.2. The molecule has 1 N–H and O–H groups in total. The maximum absolute atomic E-state index is 13.2. The van der Waals surface area contributed by atoms with Gasteiger partial charge in [-0.05, 0) is 30.7 Å². The van der Waals surface area contributed by atoms with Crippen LogP contribution in [0.4, 0.5) is 0 Å². The molecule has 0 spiro atoms.